The molecule has 152 valence electrons. The number of carbonyl (C=O) groups excluding carboxylic acids is 2. The fourth-order valence-corrected chi connectivity index (χ4v) is 5.12. The van der Waals surface area contributed by atoms with Gasteiger partial charge in [-0.15, -0.1) is 22.7 Å². The highest BCUT2D eigenvalue weighted by atomic mass is 32.1. The Kier molecular flexibility index (Phi) is 5.18. The molecule has 4 aromatic heterocycles. The summed E-state index contributed by atoms with van der Waals surface area (Å²) >= 11 is 2.40. The first-order valence-electron chi connectivity index (χ1n) is 9.01. The number of nitrogens with zero attached hydrogens (tertiary/aromatic N) is 3. The predicted molar refractivity (Wildman–Crippen MR) is 119 cm³/mol. The molecule has 10 heteroatoms. The van der Waals surface area contributed by atoms with E-state index in [9.17, 15) is 9.59 Å². The molecule has 4 rings (SSSR count). The third-order valence-corrected chi connectivity index (χ3v) is 6.68. The number of nitrogens with one attached hydrogen (secondary N) is 2. The van der Waals surface area contributed by atoms with Gasteiger partial charge in [0.1, 0.15) is 19.6 Å². The number of hydrogen-bond donors (Lipinski definition) is 3. The number of thiophene rings is 1. The first-order chi connectivity index (χ1) is 14.3. The number of aromatic nitrogens is 3. The average molecular weight is 439 g/mol. The van der Waals surface area contributed by atoms with Gasteiger partial charge < -0.3 is 5.73 Å². The first kappa shape index (κ1) is 19.9. The number of hydrazine groups is 1. The molecule has 0 aliphatic heterocycles. The van der Waals surface area contributed by atoms with E-state index in [1.54, 1.807) is 13.1 Å². The van der Waals surface area contributed by atoms with E-state index in [1.807, 2.05) is 38.1 Å². The summed E-state index contributed by atoms with van der Waals surface area (Å²) < 4.78 is 0. The van der Waals surface area contributed by atoms with Gasteiger partial charge in [0.25, 0.3) is 11.8 Å². The zero-order valence-electron chi connectivity index (χ0n) is 16.4. The molecule has 0 radical (unpaired) electrons. The minimum absolute atomic E-state index is 0.307. The van der Waals surface area contributed by atoms with Gasteiger partial charge in [-0.25, -0.2) is 9.97 Å². The predicted octanol–water partition coefficient (Wildman–Crippen LogP) is 3.40. The van der Waals surface area contributed by atoms with Crippen molar-refractivity contribution in [2.75, 3.05) is 5.73 Å². The number of thiazole rings is 1. The van der Waals surface area contributed by atoms with E-state index in [2.05, 4.69) is 25.8 Å². The van der Waals surface area contributed by atoms with E-state index in [1.165, 1.54) is 22.7 Å². The van der Waals surface area contributed by atoms with Crippen LogP contribution in [0.1, 0.15) is 36.3 Å². The van der Waals surface area contributed by atoms with E-state index < -0.39 is 11.8 Å². The fourth-order valence-electron chi connectivity index (χ4n) is 3.07. The highest BCUT2D eigenvalue weighted by Gasteiger charge is 2.21. The molecule has 0 saturated carbocycles. The van der Waals surface area contributed by atoms with Crippen molar-refractivity contribution in [3.05, 3.63) is 57.2 Å². The lowest BCUT2D eigenvalue weighted by atomic mass is 10.1. The third-order valence-electron chi connectivity index (χ3n) is 4.41. The Hall–Kier alpha value is -3.37. The van der Waals surface area contributed by atoms with Crippen molar-refractivity contribution in [3.8, 4) is 10.7 Å². The quantitative estimate of drug-likeness (QED) is 0.421. The van der Waals surface area contributed by atoms with Crippen molar-refractivity contribution in [2.45, 2.75) is 20.8 Å². The van der Waals surface area contributed by atoms with Gasteiger partial charge in [-0.3, -0.25) is 25.4 Å². The number of rotatable bonds is 3. The molecule has 4 aromatic rings. The van der Waals surface area contributed by atoms with Gasteiger partial charge in [-0.2, -0.15) is 0 Å². The zero-order chi connectivity index (χ0) is 21.4. The minimum Gasteiger partial charge on any atom is -0.397 e. The largest absolute Gasteiger partial charge is 0.397 e. The second-order valence-electron chi connectivity index (χ2n) is 6.66. The van der Waals surface area contributed by atoms with E-state index in [0.29, 0.717) is 36.7 Å². The first-order valence-corrected chi connectivity index (χ1v) is 10.6. The molecule has 0 spiro atoms. The highest BCUT2D eigenvalue weighted by Crippen LogP contribution is 2.34. The summed E-state index contributed by atoms with van der Waals surface area (Å²) in [7, 11) is 0. The van der Waals surface area contributed by atoms with Crippen LogP contribution in [0.4, 0.5) is 5.69 Å². The minimum atomic E-state index is -0.493. The number of pyridine rings is 2. The second kappa shape index (κ2) is 7.81. The number of amides is 2. The molecule has 0 saturated heterocycles. The molecule has 0 aliphatic rings. The molecule has 0 unspecified atom stereocenters. The molecular formula is C20H18N6O2S2. The molecule has 0 atom stereocenters. The van der Waals surface area contributed by atoms with Gasteiger partial charge in [0.2, 0.25) is 0 Å². The van der Waals surface area contributed by atoms with Crippen molar-refractivity contribution in [1.29, 1.82) is 0 Å². The summed E-state index contributed by atoms with van der Waals surface area (Å²) in [6, 6.07) is 7.40. The van der Waals surface area contributed by atoms with Crippen molar-refractivity contribution in [3.63, 3.8) is 0 Å². The second-order valence-corrected chi connectivity index (χ2v) is 8.66. The normalized spacial score (nSPS) is 10.9. The van der Waals surface area contributed by atoms with E-state index in [0.717, 1.165) is 16.6 Å². The highest BCUT2D eigenvalue weighted by molar-refractivity contribution is 7.21. The molecular weight excluding hydrogens is 420 g/mol. The smallest absolute Gasteiger partial charge is 0.281 e. The molecule has 2 amide bonds. The van der Waals surface area contributed by atoms with E-state index >= 15 is 0 Å². The maximum Gasteiger partial charge on any atom is 0.281 e. The van der Waals surface area contributed by atoms with Crippen LogP contribution in [0.15, 0.2) is 30.5 Å². The summed E-state index contributed by atoms with van der Waals surface area (Å²) in [6.45, 7) is 5.55. The number of nitrogen functional groups attached to an aromatic ring is 1. The van der Waals surface area contributed by atoms with Crippen LogP contribution < -0.4 is 16.6 Å². The van der Waals surface area contributed by atoms with Crippen LogP contribution >= 0.6 is 22.7 Å². The van der Waals surface area contributed by atoms with Crippen molar-refractivity contribution >= 4 is 50.4 Å². The van der Waals surface area contributed by atoms with Crippen LogP contribution in [-0.4, -0.2) is 26.8 Å². The van der Waals surface area contributed by atoms with Crippen LogP contribution in [0.25, 0.3) is 20.9 Å². The van der Waals surface area contributed by atoms with Crippen molar-refractivity contribution in [2.24, 2.45) is 0 Å². The number of nitrogens with two attached hydrogens (primary N) is 1. The number of fused-ring (bicyclic) bond motifs is 1. The Morgan fingerprint density at radius 1 is 1.00 bits per heavy atom. The van der Waals surface area contributed by atoms with Gasteiger partial charge in [0.05, 0.1) is 17.1 Å². The standard InChI is InChI=1S/C20H18N6O2S2/c1-9-8-10(2)23-20-13(9)14(21)16(30-20)18(28)26-25-17(27)15-11(3)24-19(29-15)12-6-4-5-7-22-12/h4-8H,21H2,1-3H3,(H,25,27)(H,26,28). The van der Waals surface area contributed by atoms with Crippen molar-refractivity contribution < 1.29 is 9.59 Å². The van der Waals surface area contributed by atoms with Gasteiger partial charge in [0.15, 0.2) is 0 Å². The number of hydrogen-bond acceptors (Lipinski definition) is 8. The fraction of sp³-hybridized carbons (Fsp3) is 0.150. The summed E-state index contributed by atoms with van der Waals surface area (Å²) in [5.41, 5.74) is 14.5. The maximum atomic E-state index is 12.6. The van der Waals surface area contributed by atoms with Crippen LogP contribution in [0.5, 0.6) is 0 Å². The Labute approximate surface area is 180 Å². The summed E-state index contributed by atoms with van der Waals surface area (Å²) in [4.78, 5) is 39.7. The summed E-state index contributed by atoms with van der Waals surface area (Å²) in [5.74, 6) is -0.946. The Bertz CT molecular complexity index is 1280. The monoisotopic (exact) mass is 438 g/mol. The topological polar surface area (TPSA) is 123 Å². The lowest BCUT2D eigenvalue weighted by Crippen LogP contribution is -2.41. The molecule has 30 heavy (non-hydrogen) atoms. The van der Waals surface area contributed by atoms with E-state index in [4.69, 9.17) is 5.73 Å². The van der Waals surface area contributed by atoms with Crippen LogP contribution in [0.2, 0.25) is 0 Å². The van der Waals surface area contributed by atoms with Crippen LogP contribution in [0.3, 0.4) is 0 Å². The number of carbonyl (C=O) groups is 2. The maximum absolute atomic E-state index is 12.6. The molecule has 0 aliphatic carbocycles. The van der Waals surface area contributed by atoms with Gasteiger partial charge in [-0.1, -0.05) is 6.07 Å². The lowest BCUT2D eigenvalue weighted by molar-refractivity contribution is 0.0851. The van der Waals surface area contributed by atoms with Gasteiger partial charge >= 0.3 is 0 Å². The van der Waals surface area contributed by atoms with Gasteiger partial charge in [0, 0.05) is 17.3 Å². The Morgan fingerprint density at radius 2 is 1.73 bits per heavy atom. The molecule has 4 N–H and O–H groups in total. The number of anilines is 1. The van der Waals surface area contributed by atoms with Crippen LogP contribution in [-0.2, 0) is 0 Å². The van der Waals surface area contributed by atoms with Crippen LogP contribution in [0, 0.1) is 20.8 Å². The van der Waals surface area contributed by atoms with Crippen molar-refractivity contribution in [1.82, 2.24) is 25.8 Å². The molecule has 0 fully saturated rings. The molecule has 0 bridgehead atoms. The van der Waals surface area contributed by atoms with E-state index in [-0.39, 0.29) is 0 Å². The average Bonchev–Trinajstić information content (AvgIpc) is 3.27. The third kappa shape index (κ3) is 3.62. The SMILES string of the molecule is Cc1cc(C)c2c(N)c(C(=O)NNC(=O)c3sc(-c4ccccn4)nc3C)sc2n1. The Balaban J connectivity index is 1.52. The molecule has 8 nitrogen and oxygen atoms in total. The zero-order valence-corrected chi connectivity index (χ0v) is 18.1. The summed E-state index contributed by atoms with van der Waals surface area (Å²) in [5, 5.41) is 1.40. The van der Waals surface area contributed by atoms with Gasteiger partial charge in [-0.05, 0) is 44.5 Å². The summed E-state index contributed by atoms with van der Waals surface area (Å²) in [6.07, 6.45) is 1.67. The number of aryl methyl sites for hydroxylation is 3. The molecule has 4 heterocycles. The lowest BCUT2D eigenvalue weighted by Gasteiger charge is -2.06. The Morgan fingerprint density at radius 3 is 2.43 bits per heavy atom. The molecule has 0 aromatic carbocycles.